The maximum Gasteiger partial charge on any atom is 0.0111 e. The molecule has 3 fully saturated rings. The fraction of sp³-hybridized carbons (Fsp3) is 1.00. The molecule has 2 heterocycles. The van der Waals surface area contributed by atoms with Crippen LogP contribution in [0.2, 0.25) is 0 Å². The van der Waals surface area contributed by atoms with Gasteiger partial charge in [0.25, 0.3) is 0 Å². The van der Waals surface area contributed by atoms with Crippen LogP contribution < -0.4 is 5.32 Å². The maximum atomic E-state index is 3.84. The highest BCUT2D eigenvalue weighted by atomic mass is 15.2. The number of hydrogen-bond acceptors (Lipinski definition) is 2. The van der Waals surface area contributed by atoms with E-state index in [1.807, 2.05) is 0 Å². The van der Waals surface area contributed by atoms with Crippen LogP contribution in [0.4, 0.5) is 0 Å². The fourth-order valence-corrected chi connectivity index (χ4v) is 4.37. The number of rotatable bonds is 4. The molecule has 0 amide bonds. The molecule has 0 aromatic carbocycles. The lowest BCUT2D eigenvalue weighted by atomic mass is 9.97. The SMILES string of the molecule is CN1C2CCC1CC(NCCC1CCCC1)C2. The molecule has 2 unspecified atom stereocenters. The van der Waals surface area contributed by atoms with E-state index in [1.165, 1.54) is 64.3 Å². The third kappa shape index (κ3) is 2.68. The summed E-state index contributed by atoms with van der Waals surface area (Å²) in [6, 6.07) is 2.60. The van der Waals surface area contributed by atoms with Crippen molar-refractivity contribution in [3.8, 4) is 0 Å². The van der Waals surface area contributed by atoms with Crippen molar-refractivity contribution in [2.45, 2.75) is 75.9 Å². The van der Waals surface area contributed by atoms with Gasteiger partial charge in [-0.05, 0) is 51.6 Å². The highest BCUT2D eigenvalue weighted by Crippen LogP contribution is 2.34. The van der Waals surface area contributed by atoms with Crippen LogP contribution in [0.1, 0.15) is 57.8 Å². The predicted molar refractivity (Wildman–Crippen MR) is 72.2 cm³/mol. The van der Waals surface area contributed by atoms with Gasteiger partial charge in [-0.2, -0.15) is 0 Å². The minimum atomic E-state index is 0.824. The van der Waals surface area contributed by atoms with E-state index in [-0.39, 0.29) is 0 Å². The van der Waals surface area contributed by atoms with Gasteiger partial charge in [0.1, 0.15) is 0 Å². The molecule has 2 heteroatoms. The molecular formula is C15H28N2. The smallest absolute Gasteiger partial charge is 0.0111 e. The van der Waals surface area contributed by atoms with E-state index in [1.54, 1.807) is 0 Å². The van der Waals surface area contributed by atoms with Crippen LogP contribution in [0.3, 0.4) is 0 Å². The van der Waals surface area contributed by atoms with Crippen LogP contribution in [-0.4, -0.2) is 36.6 Å². The molecule has 0 aromatic rings. The average Bonchev–Trinajstić information content (AvgIpc) is 2.87. The molecule has 2 aliphatic heterocycles. The van der Waals surface area contributed by atoms with E-state index in [2.05, 4.69) is 17.3 Å². The van der Waals surface area contributed by atoms with Gasteiger partial charge in [0.2, 0.25) is 0 Å². The number of nitrogens with one attached hydrogen (secondary N) is 1. The molecule has 0 aromatic heterocycles. The van der Waals surface area contributed by atoms with Gasteiger partial charge in [-0.25, -0.2) is 0 Å². The van der Waals surface area contributed by atoms with Crippen LogP contribution in [-0.2, 0) is 0 Å². The summed E-state index contributed by atoms with van der Waals surface area (Å²) in [6.45, 7) is 1.28. The topological polar surface area (TPSA) is 15.3 Å². The van der Waals surface area contributed by atoms with E-state index < -0.39 is 0 Å². The molecule has 2 atom stereocenters. The van der Waals surface area contributed by atoms with Crippen LogP contribution in [0.5, 0.6) is 0 Å². The monoisotopic (exact) mass is 236 g/mol. The summed E-state index contributed by atoms with van der Waals surface area (Å²) in [5.41, 5.74) is 0. The summed E-state index contributed by atoms with van der Waals surface area (Å²) in [5.74, 6) is 1.05. The minimum absolute atomic E-state index is 0.824. The Morgan fingerprint density at radius 1 is 1.00 bits per heavy atom. The van der Waals surface area contributed by atoms with Gasteiger partial charge >= 0.3 is 0 Å². The molecule has 2 saturated heterocycles. The van der Waals surface area contributed by atoms with Crippen molar-refractivity contribution in [3.63, 3.8) is 0 Å². The van der Waals surface area contributed by atoms with Gasteiger partial charge in [0.15, 0.2) is 0 Å². The third-order valence-corrected chi connectivity index (χ3v) is 5.56. The van der Waals surface area contributed by atoms with Crippen LogP contribution in [0, 0.1) is 5.92 Å². The van der Waals surface area contributed by atoms with Gasteiger partial charge < -0.3 is 10.2 Å². The molecule has 3 aliphatic rings. The lowest BCUT2D eigenvalue weighted by Gasteiger charge is -2.36. The minimum Gasteiger partial charge on any atom is -0.314 e. The summed E-state index contributed by atoms with van der Waals surface area (Å²) in [4.78, 5) is 2.63. The van der Waals surface area contributed by atoms with Crippen molar-refractivity contribution < 1.29 is 0 Å². The van der Waals surface area contributed by atoms with E-state index >= 15 is 0 Å². The Bertz CT molecular complexity index is 233. The van der Waals surface area contributed by atoms with Gasteiger partial charge in [-0.15, -0.1) is 0 Å². The van der Waals surface area contributed by atoms with E-state index in [0.717, 1.165) is 24.0 Å². The largest absolute Gasteiger partial charge is 0.314 e. The van der Waals surface area contributed by atoms with Crippen LogP contribution >= 0.6 is 0 Å². The summed E-state index contributed by atoms with van der Waals surface area (Å²) in [5, 5.41) is 3.84. The highest BCUT2D eigenvalue weighted by molar-refractivity contribution is 4.95. The highest BCUT2D eigenvalue weighted by Gasteiger charge is 2.37. The van der Waals surface area contributed by atoms with Crippen molar-refractivity contribution in [1.29, 1.82) is 0 Å². The van der Waals surface area contributed by atoms with Gasteiger partial charge in [0.05, 0.1) is 0 Å². The Morgan fingerprint density at radius 3 is 2.29 bits per heavy atom. The first-order valence-electron chi connectivity index (χ1n) is 7.78. The zero-order valence-electron chi connectivity index (χ0n) is 11.3. The van der Waals surface area contributed by atoms with E-state index in [0.29, 0.717) is 0 Å². The second-order valence-corrected chi connectivity index (χ2v) is 6.61. The molecule has 0 spiro atoms. The van der Waals surface area contributed by atoms with Crippen molar-refractivity contribution >= 4 is 0 Å². The molecule has 17 heavy (non-hydrogen) atoms. The molecule has 2 nitrogen and oxygen atoms in total. The van der Waals surface area contributed by atoms with Crippen LogP contribution in [0.25, 0.3) is 0 Å². The number of nitrogens with zero attached hydrogens (tertiary/aromatic N) is 1. The summed E-state index contributed by atoms with van der Waals surface area (Å²) < 4.78 is 0. The third-order valence-electron chi connectivity index (χ3n) is 5.56. The Hall–Kier alpha value is -0.0800. The molecule has 2 bridgehead atoms. The number of piperidine rings is 1. The fourth-order valence-electron chi connectivity index (χ4n) is 4.37. The van der Waals surface area contributed by atoms with Crippen molar-refractivity contribution in [2.24, 2.45) is 5.92 Å². The maximum absolute atomic E-state index is 3.84. The van der Waals surface area contributed by atoms with Gasteiger partial charge in [0, 0.05) is 18.1 Å². The zero-order chi connectivity index (χ0) is 11.7. The standard InChI is InChI=1S/C15H28N2/c1-17-14-6-7-15(17)11-13(10-14)16-9-8-12-4-2-3-5-12/h12-16H,2-11H2,1H3. The van der Waals surface area contributed by atoms with Crippen molar-refractivity contribution in [1.82, 2.24) is 10.2 Å². The first-order valence-corrected chi connectivity index (χ1v) is 7.78. The summed E-state index contributed by atoms with van der Waals surface area (Å²) in [6.07, 6.45) is 13.1. The summed E-state index contributed by atoms with van der Waals surface area (Å²) >= 11 is 0. The molecule has 1 aliphatic carbocycles. The predicted octanol–water partition coefficient (Wildman–Crippen LogP) is 2.78. The zero-order valence-corrected chi connectivity index (χ0v) is 11.3. The number of hydrogen-bond donors (Lipinski definition) is 1. The van der Waals surface area contributed by atoms with Gasteiger partial charge in [-0.3, -0.25) is 0 Å². The Kier molecular flexibility index (Phi) is 3.72. The lowest BCUT2D eigenvalue weighted by Crippen LogP contribution is -2.47. The first-order chi connectivity index (χ1) is 8.33. The Balaban J connectivity index is 1.38. The molecule has 1 N–H and O–H groups in total. The summed E-state index contributed by atoms with van der Waals surface area (Å²) in [7, 11) is 2.33. The quantitative estimate of drug-likeness (QED) is 0.807. The number of fused-ring (bicyclic) bond motifs is 2. The lowest BCUT2D eigenvalue weighted by molar-refractivity contribution is 0.148. The average molecular weight is 236 g/mol. The van der Waals surface area contributed by atoms with E-state index in [9.17, 15) is 0 Å². The Morgan fingerprint density at radius 2 is 1.65 bits per heavy atom. The molecule has 98 valence electrons. The van der Waals surface area contributed by atoms with Crippen molar-refractivity contribution in [2.75, 3.05) is 13.6 Å². The Labute approximate surface area is 106 Å². The first kappa shape index (κ1) is 12.0. The normalized spacial score (nSPS) is 39.0. The molecular weight excluding hydrogens is 208 g/mol. The van der Waals surface area contributed by atoms with E-state index in [4.69, 9.17) is 0 Å². The molecule has 0 radical (unpaired) electrons. The van der Waals surface area contributed by atoms with Crippen LogP contribution in [0.15, 0.2) is 0 Å². The molecule has 3 rings (SSSR count). The molecule has 1 saturated carbocycles. The van der Waals surface area contributed by atoms with Gasteiger partial charge in [-0.1, -0.05) is 25.7 Å². The van der Waals surface area contributed by atoms with Crippen molar-refractivity contribution in [3.05, 3.63) is 0 Å². The second kappa shape index (κ2) is 5.27. The second-order valence-electron chi connectivity index (χ2n) is 6.61.